The molecule has 0 unspecified atom stereocenters. The van der Waals surface area contributed by atoms with Gasteiger partial charge in [-0.1, -0.05) is 6.07 Å². The molecule has 0 amide bonds. The van der Waals surface area contributed by atoms with Gasteiger partial charge in [-0.3, -0.25) is 4.57 Å². The molecule has 5 nitrogen and oxygen atoms in total. The molecule has 0 spiro atoms. The van der Waals surface area contributed by atoms with Crippen molar-refractivity contribution in [2.24, 2.45) is 0 Å². The SMILES string of the molecule is Cc1ccc(S(=O)(=O)N(C)Cc2nccn2C(F)F)c(Br)c1. The van der Waals surface area contributed by atoms with Crippen molar-refractivity contribution in [3.05, 3.63) is 46.5 Å². The lowest BCUT2D eigenvalue weighted by molar-refractivity contribution is 0.0658. The van der Waals surface area contributed by atoms with E-state index in [0.717, 1.165) is 16.1 Å². The van der Waals surface area contributed by atoms with Crippen LogP contribution < -0.4 is 0 Å². The lowest BCUT2D eigenvalue weighted by Gasteiger charge is -2.18. The van der Waals surface area contributed by atoms with Crippen LogP contribution in [-0.2, 0) is 16.6 Å². The van der Waals surface area contributed by atoms with Gasteiger partial charge < -0.3 is 0 Å². The molecule has 0 saturated carbocycles. The number of hydrogen-bond donors (Lipinski definition) is 0. The average molecular weight is 394 g/mol. The van der Waals surface area contributed by atoms with Crippen molar-refractivity contribution in [1.29, 1.82) is 0 Å². The van der Waals surface area contributed by atoms with Crippen LogP contribution in [0, 0.1) is 6.92 Å². The molecule has 120 valence electrons. The Balaban J connectivity index is 2.31. The van der Waals surface area contributed by atoms with E-state index in [9.17, 15) is 17.2 Å². The molecule has 2 rings (SSSR count). The Morgan fingerprint density at radius 2 is 2.09 bits per heavy atom. The standard InChI is InChI=1S/C13H14BrF2N3O2S/c1-9-3-4-11(10(14)7-9)22(20,21)18(2)8-12-17-5-6-19(12)13(15)16/h3-7,13H,8H2,1-2H3. The highest BCUT2D eigenvalue weighted by atomic mass is 79.9. The van der Waals surface area contributed by atoms with Crippen LogP contribution in [0.2, 0.25) is 0 Å². The monoisotopic (exact) mass is 393 g/mol. The molecule has 1 heterocycles. The third kappa shape index (κ3) is 3.36. The molecule has 0 bridgehead atoms. The number of aryl methyl sites for hydroxylation is 1. The topological polar surface area (TPSA) is 55.2 Å². The van der Waals surface area contributed by atoms with Gasteiger partial charge >= 0.3 is 6.55 Å². The Labute approximate surface area is 135 Å². The molecule has 0 radical (unpaired) electrons. The first kappa shape index (κ1) is 17.0. The normalized spacial score (nSPS) is 12.3. The quantitative estimate of drug-likeness (QED) is 0.783. The van der Waals surface area contributed by atoms with Crippen molar-refractivity contribution in [3.63, 3.8) is 0 Å². The van der Waals surface area contributed by atoms with Crippen molar-refractivity contribution in [1.82, 2.24) is 13.9 Å². The molecule has 0 aliphatic heterocycles. The fourth-order valence-corrected chi connectivity index (χ4v) is 4.18. The minimum Gasteiger partial charge on any atom is -0.277 e. The molecule has 0 aliphatic rings. The zero-order valence-corrected chi connectivity index (χ0v) is 14.3. The van der Waals surface area contributed by atoms with Crippen LogP contribution in [0.5, 0.6) is 0 Å². The summed E-state index contributed by atoms with van der Waals surface area (Å²) in [6.07, 6.45) is 2.33. The molecular formula is C13H14BrF2N3O2S. The van der Waals surface area contributed by atoms with E-state index in [1.807, 2.05) is 6.92 Å². The van der Waals surface area contributed by atoms with Crippen LogP contribution in [0.15, 0.2) is 40.0 Å². The summed E-state index contributed by atoms with van der Waals surface area (Å²) in [5.41, 5.74) is 0.904. The van der Waals surface area contributed by atoms with Crippen molar-refractivity contribution >= 4 is 26.0 Å². The molecule has 0 atom stereocenters. The molecule has 22 heavy (non-hydrogen) atoms. The van der Waals surface area contributed by atoms with Crippen LogP contribution in [-0.4, -0.2) is 29.3 Å². The molecular weight excluding hydrogens is 380 g/mol. The van der Waals surface area contributed by atoms with Gasteiger partial charge in [0.1, 0.15) is 5.82 Å². The third-order valence-corrected chi connectivity index (χ3v) is 5.88. The first-order chi connectivity index (χ1) is 10.2. The number of halogens is 3. The molecule has 0 N–H and O–H groups in total. The lowest BCUT2D eigenvalue weighted by Crippen LogP contribution is -2.28. The second kappa shape index (κ2) is 6.43. The smallest absolute Gasteiger partial charge is 0.277 e. The van der Waals surface area contributed by atoms with E-state index in [1.165, 1.54) is 19.3 Å². The fraction of sp³-hybridized carbons (Fsp3) is 0.308. The van der Waals surface area contributed by atoms with E-state index in [0.29, 0.717) is 9.04 Å². The van der Waals surface area contributed by atoms with Crippen molar-refractivity contribution < 1.29 is 17.2 Å². The van der Waals surface area contributed by atoms with Gasteiger partial charge in [0.2, 0.25) is 10.0 Å². The highest BCUT2D eigenvalue weighted by Gasteiger charge is 2.25. The van der Waals surface area contributed by atoms with Crippen LogP contribution in [0.3, 0.4) is 0 Å². The summed E-state index contributed by atoms with van der Waals surface area (Å²) in [7, 11) is -2.49. The van der Waals surface area contributed by atoms with Gasteiger partial charge in [-0.25, -0.2) is 13.4 Å². The number of imidazole rings is 1. The van der Waals surface area contributed by atoms with Crippen LogP contribution >= 0.6 is 15.9 Å². The number of benzene rings is 1. The Morgan fingerprint density at radius 3 is 2.68 bits per heavy atom. The molecule has 2 aromatic rings. The highest BCUT2D eigenvalue weighted by molar-refractivity contribution is 9.10. The van der Waals surface area contributed by atoms with Crippen LogP contribution in [0.4, 0.5) is 8.78 Å². The van der Waals surface area contributed by atoms with Gasteiger partial charge in [0.15, 0.2) is 0 Å². The summed E-state index contributed by atoms with van der Waals surface area (Å²) < 4.78 is 52.7. The number of rotatable bonds is 5. The average Bonchev–Trinajstić information content (AvgIpc) is 2.86. The first-order valence-corrected chi connectivity index (χ1v) is 8.49. The first-order valence-electron chi connectivity index (χ1n) is 6.26. The van der Waals surface area contributed by atoms with Gasteiger partial charge in [-0.15, -0.1) is 0 Å². The maximum atomic E-state index is 12.8. The van der Waals surface area contributed by atoms with E-state index in [4.69, 9.17) is 0 Å². The fourth-order valence-electron chi connectivity index (χ4n) is 1.91. The van der Waals surface area contributed by atoms with Gasteiger partial charge in [-0.05, 0) is 40.5 Å². The van der Waals surface area contributed by atoms with Crippen molar-refractivity contribution in [3.8, 4) is 0 Å². The van der Waals surface area contributed by atoms with Gasteiger partial charge in [0.05, 0.1) is 11.4 Å². The van der Waals surface area contributed by atoms with E-state index < -0.39 is 16.6 Å². The molecule has 9 heteroatoms. The summed E-state index contributed by atoms with van der Waals surface area (Å²) in [6, 6.07) is 4.83. The zero-order valence-electron chi connectivity index (χ0n) is 11.9. The van der Waals surface area contributed by atoms with Crippen LogP contribution in [0.25, 0.3) is 0 Å². The lowest BCUT2D eigenvalue weighted by atomic mass is 10.2. The number of aromatic nitrogens is 2. The minimum atomic E-state index is -3.82. The second-order valence-electron chi connectivity index (χ2n) is 4.72. The summed E-state index contributed by atoms with van der Waals surface area (Å²) >= 11 is 3.22. The van der Waals surface area contributed by atoms with Gasteiger partial charge in [0.25, 0.3) is 0 Å². The maximum Gasteiger partial charge on any atom is 0.319 e. The van der Waals surface area contributed by atoms with Crippen LogP contribution in [0.1, 0.15) is 17.9 Å². The molecule has 0 aliphatic carbocycles. The van der Waals surface area contributed by atoms with E-state index in [1.54, 1.807) is 12.1 Å². The second-order valence-corrected chi connectivity index (χ2v) is 7.59. The minimum absolute atomic E-state index is 0.0238. The predicted molar refractivity (Wildman–Crippen MR) is 81.0 cm³/mol. The highest BCUT2D eigenvalue weighted by Crippen LogP contribution is 2.26. The Bertz CT molecular complexity index is 777. The zero-order chi connectivity index (χ0) is 16.5. The third-order valence-electron chi connectivity index (χ3n) is 3.10. The summed E-state index contributed by atoms with van der Waals surface area (Å²) in [6.45, 7) is -1.18. The van der Waals surface area contributed by atoms with E-state index >= 15 is 0 Å². The largest absolute Gasteiger partial charge is 0.319 e. The van der Waals surface area contributed by atoms with E-state index in [-0.39, 0.29) is 17.3 Å². The Morgan fingerprint density at radius 1 is 1.41 bits per heavy atom. The number of alkyl halides is 2. The Hall–Kier alpha value is -1.32. The van der Waals surface area contributed by atoms with Crippen molar-refractivity contribution in [2.75, 3.05) is 7.05 Å². The van der Waals surface area contributed by atoms with Gasteiger partial charge in [-0.2, -0.15) is 13.1 Å². The number of hydrogen-bond acceptors (Lipinski definition) is 3. The summed E-state index contributed by atoms with van der Waals surface area (Å²) in [5, 5.41) is 0. The van der Waals surface area contributed by atoms with E-state index in [2.05, 4.69) is 20.9 Å². The number of sulfonamides is 1. The maximum absolute atomic E-state index is 12.8. The summed E-state index contributed by atoms with van der Waals surface area (Å²) in [4.78, 5) is 3.87. The molecule has 1 aromatic heterocycles. The predicted octanol–water partition coefficient (Wildman–Crippen LogP) is 3.17. The molecule has 1 aromatic carbocycles. The molecule has 0 fully saturated rings. The van der Waals surface area contributed by atoms with Gasteiger partial charge in [0, 0.05) is 23.9 Å². The van der Waals surface area contributed by atoms with Crippen molar-refractivity contribution in [2.45, 2.75) is 24.9 Å². The number of nitrogens with zero attached hydrogens (tertiary/aromatic N) is 3. The Kier molecular flexibility index (Phi) is 4.98. The summed E-state index contributed by atoms with van der Waals surface area (Å²) in [5.74, 6) is -0.0238. The molecule has 0 saturated heterocycles.